The van der Waals surface area contributed by atoms with Crippen LogP contribution in [-0.4, -0.2) is 39.8 Å². The summed E-state index contributed by atoms with van der Waals surface area (Å²) in [6.07, 6.45) is 1.59. The van der Waals surface area contributed by atoms with E-state index in [1.807, 2.05) is 11.8 Å². The minimum Gasteiger partial charge on any atom is -0.409 e. The Kier molecular flexibility index (Phi) is 4.49. The van der Waals surface area contributed by atoms with Crippen molar-refractivity contribution in [1.82, 2.24) is 4.98 Å². The number of aromatic nitrogens is 1. The largest absolute Gasteiger partial charge is 0.409 e. The molecule has 1 heterocycles. The van der Waals surface area contributed by atoms with Gasteiger partial charge in [0.05, 0.1) is 5.60 Å². The molecule has 0 aliphatic rings. The topological polar surface area (TPSA) is 95.0 Å². The first kappa shape index (κ1) is 14.2. The molecule has 0 unspecified atom stereocenters. The number of aliphatic hydroxyl groups is 1. The van der Waals surface area contributed by atoms with Gasteiger partial charge >= 0.3 is 0 Å². The van der Waals surface area contributed by atoms with Crippen LogP contribution >= 0.6 is 0 Å². The summed E-state index contributed by atoms with van der Waals surface area (Å²) in [5.41, 5.74) is 5.32. The van der Waals surface area contributed by atoms with Crippen molar-refractivity contribution in [2.45, 2.75) is 26.4 Å². The molecular weight excluding hydrogens is 232 g/mol. The number of rotatable bonds is 5. The average molecular weight is 252 g/mol. The lowest BCUT2D eigenvalue weighted by Crippen LogP contribution is -2.39. The second kappa shape index (κ2) is 5.68. The van der Waals surface area contributed by atoms with Crippen molar-refractivity contribution in [2.75, 3.05) is 18.0 Å². The predicted molar refractivity (Wildman–Crippen MR) is 70.9 cm³/mol. The van der Waals surface area contributed by atoms with Crippen molar-refractivity contribution in [3.8, 4) is 0 Å². The summed E-state index contributed by atoms with van der Waals surface area (Å²) in [5.74, 6) is 0.724. The van der Waals surface area contributed by atoms with Crippen LogP contribution in [0.3, 0.4) is 0 Å². The molecule has 6 nitrogen and oxygen atoms in total. The number of hydrogen-bond acceptors (Lipinski definition) is 5. The van der Waals surface area contributed by atoms with Gasteiger partial charge < -0.3 is 20.9 Å². The Morgan fingerprint density at radius 3 is 2.72 bits per heavy atom. The maximum Gasteiger partial charge on any atom is 0.170 e. The zero-order chi connectivity index (χ0) is 13.8. The summed E-state index contributed by atoms with van der Waals surface area (Å²) in [7, 11) is 0. The maximum atomic E-state index is 9.85. The normalized spacial score (nSPS) is 12.6. The molecule has 0 amide bonds. The predicted octanol–water partition coefficient (Wildman–Crippen LogP) is 0.773. The Morgan fingerprint density at radius 1 is 1.56 bits per heavy atom. The number of amidine groups is 1. The summed E-state index contributed by atoms with van der Waals surface area (Å²) in [6, 6.07) is 3.39. The van der Waals surface area contributed by atoms with Crippen LogP contribution in [0.2, 0.25) is 0 Å². The lowest BCUT2D eigenvalue weighted by molar-refractivity contribution is 0.0874. The quantitative estimate of drug-likeness (QED) is 0.311. The summed E-state index contributed by atoms with van der Waals surface area (Å²) in [6.45, 7) is 6.61. The Bertz CT molecular complexity index is 426. The van der Waals surface area contributed by atoms with Gasteiger partial charge in [-0.15, -0.1) is 0 Å². The third-order valence-corrected chi connectivity index (χ3v) is 2.43. The van der Waals surface area contributed by atoms with Crippen LogP contribution in [0.4, 0.5) is 5.82 Å². The molecule has 0 aliphatic carbocycles. The SMILES string of the molecule is CCN(CC(C)(C)O)c1cc(C(N)=NO)ccn1. The first-order valence-corrected chi connectivity index (χ1v) is 5.78. The van der Waals surface area contributed by atoms with Crippen molar-refractivity contribution in [2.24, 2.45) is 10.9 Å². The van der Waals surface area contributed by atoms with Crippen molar-refractivity contribution in [3.63, 3.8) is 0 Å². The summed E-state index contributed by atoms with van der Waals surface area (Å²) < 4.78 is 0. The highest BCUT2D eigenvalue weighted by molar-refractivity contribution is 5.97. The van der Waals surface area contributed by atoms with Gasteiger partial charge in [-0.1, -0.05) is 5.16 Å². The molecule has 1 rings (SSSR count). The van der Waals surface area contributed by atoms with E-state index in [2.05, 4.69) is 10.1 Å². The molecule has 0 atom stereocenters. The Morgan fingerprint density at radius 2 is 2.22 bits per heavy atom. The number of nitrogens with zero attached hydrogens (tertiary/aromatic N) is 3. The van der Waals surface area contributed by atoms with Gasteiger partial charge in [-0.3, -0.25) is 0 Å². The fourth-order valence-electron chi connectivity index (χ4n) is 1.63. The highest BCUT2D eigenvalue weighted by atomic mass is 16.4. The van der Waals surface area contributed by atoms with E-state index in [1.165, 1.54) is 0 Å². The zero-order valence-electron chi connectivity index (χ0n) is 11.0. The van der Waals surface area contributed by atoms with Crippen LogP contribution in [-0.2, 0) is 0 Å². The molecule has 0 aromatic carbocycles. The second-order valence-corrected chi connectivity index (χ2v) is 4.71. The van der Waals surface area contributed by atoms with E-state index in [-0.39, 0.29) is 5.84 Å². The molecule has 18 heavy (non-hydrogen) atoms. The minimum atomic E-state index is -0.815. The Labute approximate surface area is 107 Å². The van der Waals surface area contributed by atoms with Crippen molar-refractivity contribution in [3.05, 3.63) is 23.9 Å². The molecule has 0 saturated carbocycles. The number of hydrogen-bond donors (Lipinski definition) is 3. The van der Waals surface area contributed by atoms with E-state index in [0.717, 1.165) is 0 Å². The fraction of sp³-hybridized carbons (Fsp3) is 0.500. The lowest BCUT2D eigenvalue weighted by atomic mass is 10.1. The van der Waals surface area contributed by atoms with Gasteiger partial charge in [-0.2, -0.15) is 0 Å². The third kappa shape index (κ3) is 3.89. The summed E-state index contributed by atoms with van der Waals surface area (Å²) >= 11 is 0. The molecule has 0 spiro atoms. The molecule has 0 aliphatic heterocycles. The average Bonchev–Trinajstić information content (AvgIpc) is 2.34. The Hall–Kier alpha value is -1.82. The van der Waals surface area contributed by atoms with Gasteiger partial charge in [0.25, 0.3) is 0 Å². The molecule has 1 aromatic heterocycles. The molecule has 4 N–H and O–H groups in total. The monoisotopic (exact) mass is 252 g/mol. The number of anilines is 1. The Balaban J connectivity index is 3.00. The van der Waals surface area contributed by atoms with Crippen molar-refractivity contribution < 1.29 is 10.3 Å². The van der Waals surface area contributed by atoms with Gasteiger partial charge in [0.15, 0.2) is 5.84 Å². The highest BCUT2D eigenvalue weighted by Gasteiger charge is 2.18. The lowest BCUT2D eigenvalue weighted by Gasteiger charge is -2.29. The number of likely N-dealkylation sites (N-methyl/N-ethyl adjacent to an activating group) is 1. The van der Waals surface area contributed by atoms with Crippen LogP contribution in [0.5, 0.6) is 0 Å². The van der Waals surface area contributed by atoms with E-state index >= 15 is 0 Å². The number of pyridine rings is 1. The van der Waals surface area contributed by atoms with Crippen LogP contribution in [0, 0.1) is 0 Å². The van der Waals surface area contributed by atoms with Crippen LogP contribution in [0.15, 0.2) is 23.5 Å². The van der Waals surface area contributed by atoms with E-state index < -0.39 is 5.60 Å². The number of oxime groups is 1. The van der Waals surface area contributed by atoms with Crippen molar-refractivity contribution in [1.29, 1.82) is 0 Å². The zero-order valence-corrected chi connectivity index (χ0v) is 11.0. The summed E-state index contributed by atoms with van der Waals surface area (Å²) in [5, 5.41) is 21.5. The molecule has 100 valence electrons. The van der Waals surface area contributed by atoms with E-state index in [9.17, 15) is 5.11 Å². The van der Waals surface area contributed by atoms with Gasteiger partial charge in [-0.05, 0) is 32.9 Å². The van der Waals surface area contributed by atoms with Crippen LogP contribution in [0.25, 0.3) is 0 Å². The van der Waals surface area contributed by atoms with Gasteiger partial charge in [0.2, 0.25) is 0 Å². The van der Waals surface area contributed by atoms with Gasteiger partial charge in [0.1, 0.15) is 5.82 Å². The molecule has 0 fully saturated rings. The highest BCUT2D eigenvalue weighted by Crippen LogP contribution is 2.15. The first-order chi connectivity index (χ1) is 8.37. The molecule has 6 heteroatoms. The van der Waals surface area contributed by atoms with Crippen LogP contribution in [0.1, 0.15) is 26.3 Å². The molecule has 0 radical (unpaired) electrons. The minimum absolute atomic E-state index is 0.0398. The smallest absolute Gasteiger partial charge is 0.170 e. The standard InChI is InChI=1S/C12H20N4O2/c1-4-16(8-12(2,3)17)10-7-9(5-6-14-10)11(13)15-18/h5-7,17-18H,4,8H2,1-3H3,(H2,13,15). The van der Waals surface area contributed by atoms with Crippen molar-refractivity contribution >= 4 is 11.7 Å². The van der Waals surface area contributed by atoms with E-state index in [1.54, 1.807) is 32.2 Å². The molecule has 0 bridgehead atoms. The van der Waals surface area contributed by atoms with Gasteiger partial charge in [-0.25, -0.2) is 4.98 Å². The molecule has 1 aromatic rings. The maximum absolute atomic E-state index is 9.85. The molecule has 0 saturated heterocycles. The van der Waals surface area contributed by atoms with Gasteiger partial charge in [0, 0.05) is 24.8 Å². The summed E-state index contributed by atoms with van der Waals surface area (Å²) in [4.78, 5) is 6.16. The first-order valence-electron chi connectivity index (χ1n) is 5.78. The second-order valence-electron chi connectivity index (χ2n) is 4.71. The third-order valence-electron chi connectivity index (χ3n) is 2.43. The molecular formula is C12H20N4O2. The van der Waals surface area contributed by atoms with E-state index in [4.69, 9.17) is 10.9 Å². The fourth-order valence-corrected chi connectivity index (χ4v) is 1.63. The van der Waals surface area contributed by atoms with Crippen LogP contribution < -0.4 is 10.6 Å². The van der Waals surface area contributed by atoms with E-state index in [0.29, 0.717) is 24.5 Å². The number of nitrogens with two attached hydrogens (primary N) is 1.